The molecule has 12 aromatic carbocycles. The minimum atomic E-state index is 0. The Labute approximate surface area is 463 Å². The summed E-state index contributed by atoms with van der Waals surface area (Å²) in [6.45, 7) is 8.82. The van der Waals surface area contributed by atoms with Crippen molar-refractivity contribution in [3.63, 3.8) is 0 Å². The van der Waals surface area contributed by atoms with Gasteiger partial charge in [-0.2, -0.15) is 24.3 Å². The van der Waals surface area contributed by atoms with E-state index < -0.39 is 0 Å². The molecule has 0 bridgehead atoms. The molecule has 72 heavy (non-hydrogen) atoms. The van der Waals surface area contributed by atoms with Crippen LogP contribution in [0.5, 0.6) is 0 Å². The summed E-state index contributed by atoms with van der Waals surface area (Å²) in [7, 11) is 0. The first-order valence-electron chi connectivity index (χ1n) is 24.5. The molecule has 0 aromatic heterocycles. The Bertz CT molecular complexity index is 3010. The van der Waals surface area contributed by atoms with Gasteiger partial charge in [0, 0.05) is 0 Å². The fourth-order valence-electron chi connectivity index (χ4n) is 9.48. The van der Waals surface area contributed by atoms with Crippen LogP contribution in [0, 0.1) is 0 Å². The fourth-order valence-corrected chi connectivity index (χ4v) is 9.48. The van der Waals surface area contributed by atoms with Crippen LogP contribution in [0.3, 0.4) is 0 Å². The van der Waals surface area contributed by atoms with Crippen molar-refractivity contribution in [3.8, 4) is 44.5 Å². The molecule has 12 aromatic rings. The molecule has 0 saturated carbocycles. The van der Waals surface area contributed by atoms with Gasteiger partial charge in [-0.3, -0.25) is 0 Å². The third kappa shape index (κ3) is 13.3. The normalized spacial score (nSPS) is 10.3. The first-order valence-corrected chi connectivity index (χ1v) is 24.5. The number of fused-ring (bicyclic) bond motifs is 4. The topological polar surface area (TPSA) is 0 Å². The van der Waals surface area contributed by atoms with Crippen molar-refractivity contribution in [2.24, 2.45) is 0 Å². The molecule has 0 aliphatic heterocycles. The maximum atomic E-state index is 2.32. The summed E-state index contributed by atoms with van der Waals surface area (Å²) in [5.41, 5.74) is 16.2. The van der Waals surface area contributed by atoms with Crippen LogP contribution in [0.2, 0.25) is 0 Å². The van der Waals surface area contributed by atoms with Crippen molar-refractivity contribution in [2.75, 3.05) is 0 Å². The molecule has 0 fully saturated rings. The Morgan fingerprint density at radius 2 is 0.444 bits per heavy atom. The van der Waals surface area contributed by atoms with Gasteiger partial charge in [0.15, 0.2) is 0 Å². The molecule has 0 aliphatic carbocycles. The molecule has 0 aliphatic rings. The van der Waals surface area contributed by atoms with E-state index in [1.54, 1.807) is 0 Å². The summed E-state index contributed by atoms with van der Waals surface area (Å²) < 4.78 is 0. The van der Waals surface area contributed by atoms with E-state index in [1.807, 2.05) is 0 Å². The molecular formula is C68H60F2Zr2-2. The van der Waals surface area contributed by atoms with E-state index in [2.05, 4.69) is 270 Å². The van der Waals surface area contributed by atoms with Crippen molar-refractivity contribution in [3.05, 3.63) is 265 Å². The van der Waals surface area contributed by atoms with Gasteiger partial charge in [0.05, 0.1) is 0 Å². The number of halogens is 2. The molecule has 0 amide bonds. The van der Waals surface area contributed by atoms with E-state index in [4.69, 9.17) is 0 Å². The zero-order chi connectivity index (χ0) is 46.7. The average molecular weight is 1100 g/mol. The Kier molecular flexibility index (Phi) is 21.7. The van der Waals surface area contributed by atoms with Crippen molar-refractivity contribution < 1.29 is 61.8 Å². The average Bonchev–Trinajstić information content (AvgIpc) is 4.24. The molecule has 0 heterocycles. The van der Waals surface area contributed by atoms with E-state index in [9.17, 15) is 0 Å². The Hall–Kier alpha value is -6.17. The maximum Gasteiger partial charge on any atom is 2.00 e. The molecule has 0 N–H and O–H groups in total. The monoisotopic (exact) mass is 1090 g/mol. The van der Waals surface area contributed by atoms with Crippen LogP contribution in [0.25, 0.3) is 87.6 Å². The van der Waals surface area contributed by atoms with Gasteiger partial charge in [-0.05, 0) is 47.9 Å². The van der Waals surface area contributed by atoms with Crippen LogP contribution >= 0.6 is 0 Å². The summed E-state index contributed by atoms with van der Waals surface area (Å²) in [4.78, 5) is 0. The van der Waals surface area contributed by atoms with E-state index in [1.165, 1.54) is 110 Å². The predicted octanol–water partition coefficient (Wildman–Crippen LogP) is 13.2. The van der Waals surface area contributed by atoms with Gasteiger partial charge in [0.1, 0.15) is 0 Å². The van der Waals surface area contributed by atoms with Gasteiger partial charge in [0.2, 0.25) is 0 Å². The van der Waals surface area contributed by atoms with Crippen molar-refractivity contribution >= 4 is 43.1 Å². The maximum absolute atomic E-state index is 2.32. The van der Waals surface area contributed by atoms with Gasteiger partial charge in [-0.25, -0.2) is 0 Å². The quantitative estimate of drug-likeness (QED) is 0.133. The number of hydrogen-bond donors (Lipinski definition) is 0. The number of aryl methyl sites for hydroxylation is 4. The fraction of sp³-hybridized carbons (Fsp3) is 0.118. The minimum Gasteiger partial charge on any atom is -1.00 e. The van der Waals surface area contributed by atoms with Gasteiger partial charge in [0.25, 0.3) is 0 Å². The summed E-state index contributed by atoms with van der Waals surface area (Å²) in [6.07, 6.45) is 4.40. The second kappa shape index (κ2) is 27.6. The largest absolute Gasteiger partial charge is 2.00 e. The molecule has 0 unspecified atom stereocenters. The van der Waals surface area contributed by atoms with Crippen molar-refractivity contribution in [1.82, 2.24) is 0 Å². The van der Waals surface area contributed by atoms with Crippen LogP contribution in [-0.4, -0.2) is 0 Å². The third-order valence-electron chi connectivity index (χ3n) is 13.2. The Morgan fingerprint density at radius 3 is 0.625 bits per heavy atom. The van der Waals surface area contributed by atoms with Crippen LogP contribution in [0.15, 0.2) is 243 Å². The zero-order valence-corrected chi connectivity index (χ0v) is 46.6. The SMILES string of the molecule is CCc1cc2c(-c3ccccc3)cccc2[cH-]1.CCc1cc2c(-c3ccccc3)cccc2[cH-]1.CCc1cc2c(-c3ccccc3)cccc2[cH-]1.CCc1cc2c(-c3ccccc3)cccc2[cH-]1.[F-].[F-].[Zr+2].[Zr+2]. The molecule has 0 atom stereocenters. The van der Waals surface area contributed by atoms with Crippen LogP contribution in [0.4, 0.5) is 0 Å². The van der Waals surface area contributed by atoms with E-state index in [0.717, 1.165) is 25.7 Å². The van der Waals surface area contributed by atoms with E-state index >= 15 is 0 Å². The molecule has 356 valence electrons. The summed E-state index contributed by atoms with van der Waals surface area (Å²) >= 11 is 0. The first kappa shape index (κ1) is 56.7. The smallest absolute Gasteiger partial charge is 1.00 e. The standard InChI is InChI=1S/4C17H15.2FH.2Zr/c4*1-2-13-11-15-9-6-10-16(17(15)12-13)14-7-4-3-5-8-14;;;;/h4*3-12H,2H2,1H3;2*1H;;/q4*-1;;;2*+2/p-2. The van der Waals surface area contributed by atoms with Crippen LogP contribution in [-0.2, 0) is 78.1 Å². The minimum absolute atomic E-state index is 0. The molecular weight excluding hydrogens is 1040 g/mol. The predicted molar refractivity (Wildman–Crippen MR) is 297 cm³/mol. The van der Waals surface area contributed by atoms with Gasteiger partial charge in [-0.15, -0.1) is 138 Å². The number of hydrogen-bond acceptors (Lipinski definition) is 0. The second-order valence-electron chi connectivity index (χ2n) is 17.6. The van der Waals surface area contributed by atoms with Crippen molar-refractivity contribution in [1.29, 1.82) is 0 Å². The van der Waals surface area contributed by atoms with Gasteiger partial charge >= 0.3 is 52.4 Å². The van der Waals surface area contributed by atoms with E-state index in [-0.39, 0.29) is 61.8 Å². The summed E-state index contributed by atoms with van der Waals surface area (Å²) in [6, 6.07) is 87.0. The molecule has 12 rings (SSSR count). The number of benzene rings is 8. The Morgan fingerprint density at radius 1 is 0.250 bits per heavy atom. The molecule has 4 heteroatoms. The summed E-state index contributed by atoms with van der Waals surface area (Å²) in [5, 5.41) is 10.9. The van der Waals surface area contributed by atoms with Gasteiger partial charge in [-0.1, -0.05) is 196 Å². The third-order valence-corrected chi connectivity index (χ3v) is 13.2. The molecule has 0 saturated heterocycles. The second-order valence-corrected chi connectivity index (χ2v) is 17.6. The van der Waals surface area contributed by atoms with Crippen LogP contribution in [0.1, 0.15) is 49.9 Å². The Balaban J connectivity index is 0.000000175. The van der Waals surface area contributed by atoms with E-state index in [0.29, 0.717) is 0 Å². The number of rotatable bonds is 8. The van der Waals surface area contributed by atoms with Crippen LogP contribution < -0.4 is 9.41 Å². The first-order chi connectivity index (χ1) is 33.5. The molecule has 0 spiro atoms. The molecule has 0 nitrogen and oxygen atoms in total. The zero-order valence-electron chi connectivity index (χ0n) is 41.7. The van der Waals surface area contributed by atoms with Crippen molar-refractivity contribution in [2.45, 2.75) is 53.4 Å². The summed E-state index contributed by atoms with van der Waals surface area (Å²) in [5.74, 6) is 0. The van der Waals surface area contributed by atoms with Gasteiger partial charge < -0.3 is 9.41 Å². The molecule has 0 radical (unpaired) electrons.